The SMILES string of the molecule is COc1ccc(Cl)cc1NC(=O)O. The van der Waals surface area contributed by atoms with Gasteiger partial charge in [0.05, 0.1) is 12.8 Å². The number of carboxylic acid groups (broad SMARTS) is 1. The molecule has 1 amide bonds. The van der Waals surface area contributed by atoms with Gasteiger partial charge in [0.2, 0.25) is 0 Å². The number of carbonyl (C=O) groups is 1. The summed E-state index contributed by atoms with van der Waals surface area (Å²) in [6, 6.07) is 4.69. The van der Waals surface area contributed by atoms with E-state index in [1.165, 1.54) is 13.2 Å². The highest BCUT2D eigenvalue weighted by molar-refractivity contribution is 6.31. The highest BCUT2D eigenvalue weighted by Gasteiger charge is 2.05. The fourth-order valence-electron chi connectivity index (χ4n) is 0.893. The Morgan fingerprint density at radius 1 is 1.62 bits per heavy atom. The quantitative estimate of drug-likeness (QED) is 0.773. The number of amides is 1. The Bertz CT molecular complexity index is 327. The van der Waals surface area contributed by atoms with E-state index < -0.39 is 6.09 Å². The molecule has 2 N–H and O–H groups in total. The van der Waals surface area contributed by atoms with Crippen molar-refractivity contribution in [3.63, 3.8) is 0 Å². The smallest absolute Gasteiger partial charge is 0.409 e. The van der Waals surface area contributed by atoms with E-state index in [0.717, 1.165) is 0 Å². The van der Waals surface area contributed by atoms with Gasteiger partial charge in [-0.3, -0.25) is 5.32 Å². The van der Waals surface area contributed by atoms with Crippen LogP contribution in [0.1, 0.15) is 0 Å². The lowest BCUT2D eigenvalue weighted by Crippen LogP contribution is -2.08. The summed E-state index contributed by atoms with van der Waals surface area (Å²) in [5.41, 5.74) is 0.336. The van der Waals surface area contributed by atoms with Crippen LogP contribution in [0, 0.1) is 0 Å². The van der Waals surface area contributed by atoms with Crippen LogP contribution in [0.2, 0.25) is 5.02 Å². The van der Waals surface area contributed by atoms with Crippen LogP contribution in [0.3, 0.4) is 0 Å². The van der Waals surface area contributed by atoms with Gasteiger partial charge >= 0.3 is 6.09 Å². The number of nitrogens with one attached hydrogen (secondary N) is 1. The zero-order chi connectivity index (χ0) is 9.84. The fourth-order valence-corrected chi connectivity index (χ4v) is 1.07. The first-order valence-electron chi connectivity index (χ1n) is 3.47. The van der Waals surface area contributed by atoms with Crippen molar-refractivity contribution in [3.8, 4) is 5.75 Å². The number of halogens is 1. The second kappa shape index (κ2) is 4.00. The fraction of sp³-hybridized carbons (Fsp3) is 0.125. The van der Waals surface area contributed by atoms with Crippen molar-refractivity contribution in [2.45, 2.75) is 0 Å². The molecule has 0 saturated heterocycles. The van der Waals surface area contributed by atoms with Crippen molar-refractivity contribution < 1.29 is 14.6 Å². The molecule has 0 bridgehead atoms. The lowest BCUT2D eigenvalue weighted by molar-refractivity contribution is 0.209. The van der Waals surface area contributed by atoms with Gasteiger partial charge in [-0.15, -0.1) is 0 Å². The van der Waals surface area contributed by atoms with Gasteiger partial charge in [-0.05, 0) is 18.2 Å². The van der Waals surface area contributed by atoms with Gasteiger partial charge in [0.15, 0.2) is 0 Å². The Labute approximate surface area is 80.1 Å². The molecule has 13 heavy (non-hydrogen) atoms. The number of hydrogen-bond donors (Lipinski definition) is 2. The van der Waals surface area contributed by atoms with Gasteiger partial charge in [-0.1, -0.05) is 11.6 Å². The minimum atomic E-state index is -1.15. The summed E-state index contributed by atoms with van der Waals surface area (Å²) in [5.74, 6) is 0.437. The van der Waals surface area contributed by atoms with Gasteiger partial charge in [-0.2, -0.15) is 0 Å². The molecule has 70 valence electrons. The molecule has 0 aromatic heterocycles. The predicted octanol–water partition coefficient (Wildman–Crippen LogP) is 2.44. The summed E-state index contributed by atoms with van der Waals surface area (Å²) in [4.78, 5) is 10.3. The van der Waals surface area contributed by atoms with Crippen molar-refractivity contribution in [1.29, 1.82) is 0 Å². The lowest BCUT2D eigenvalue weighted by atomic mass is 10.3. The maximum atomic E-state index is 10.3. The molecule has 0 fully saturated rings. The molecule has 0 aliphatic carbocycles. The lowest BCUT2D eigenvalue weighted by Gasteiger charge is -2.07. The van der Waals surface area contributed by atoms with E-state index in [9.17, 15) is 4.79 Å². The summed E-state index contributed by atoms with van der Waals surface area (Å²) in [6.45, 7) is 0. The van der Waals surface area contributed by atoms with Gasteiger partial charge in [0.1, 0.15) is 5.75 Å². The van der Waals surface area contributed by atoms with E-state index in [0.29, 0.717) is 16.5 Å². The molecule has 4 nitrogen and oxygen atoms in total. The Balaban J connectivity index is 3.01. The maximum Gasteiger partial charge on any atom is 0.409 e. The molecule has 0 heterocycles. The summed E-state index contributed by atoms with van der Waals surface area (Å²) >= 11 is 5.67. The summed E-state index contributed by atoms with van der Waals surface area (Å²) in [7, 11) is 1.45. The normalized spacial score (nSPS) is 9.38. The Morgan fingerprint density at radius 2 is 2.31 bits per heavy atom. The minimum absolute atomic E-state index is 0.336. The molecule has 1 aromatic rings. The predicted molar refractivity (Wildman–Crippen MR) is 49.7 cm³/mol. The largest absolute Gasteiger partial charge is 0.495 e. The Hall–Kier alpha value is -1.42. The van der Waals surface area contributed by atoms with E-state index in [-0.39, 0.29) is 0 Å². The van der Waals surface area contributed by atoms with Crippen LogP contribution in [0.5, 0.6) is 5.75 Å². The zero-order valence-corrected chi connectivity index (χ0v) is 7.63. The highest BCUT2D eigenvalue weighted by Crippen LogP contribution is 2.27. The molecule has 0 aliphatic rings. The number of ether oxygens (including phenoxy) is 1. The molecule has 1 rings (SSSR count). The summed E-state index contributed by atoms with van der Waals surface area (Å²) < 4.78 is 4.92. The average Bonchev–Trinajstić information content (AvgIpc) is 2.03. The molecular formula is C8H8ClNO3. The third-order valence-electron chi connectivity index (χ3n) is 1.40. The molecule has 0 saturated carbocycles. The van der Waals surface area contributed by atoms with Gasteiger partial charge in [-0.25, -0.2) is 4.79 Å². The minimum Gasteiger partial charge on any atom is -0.495 e. The van der Waals surface area contributed by atoms with E-state index in [1.54, 1.807) is 12.1 Å². The third-order valence-corrected chi connectivity index (χ3v) is 1.64. The molecular weight excluding hydrogens is 194 g/mol. The van der Waals surface area contributed by atoms with Crippen molar-refractivity contribution in [2.24, 2.45) is 0 Å². The second-order valence-corrected chi connectivity index (χ2v) is 2.71. The van der Waals surface area contributed by atoms with E-state index in [2.05, 4.69) is 5.32 Å². The van der Waals surface area contributed by atoms with Crippen LogP contribution in [0.15, 0.2) is 18.2 Å². The zero-order valence-electron chi connectivity index (χ0n) is 6.87. The summed E-state index contributed by atoms with van der Waals surface area (Å²) in [6.07, 6.45) is -1.15. The summed E-state index contributed by atoms with van der Waals surface area (Å²) in [5, 5.41) is 11.1. The van der Waals surface area contributed by atoms with E-state index in [1.807, 2.05) is 0 Å². The molecule has 0 aliphatic heterocycles. The number of benzene rings is 1. The first-order valence-corrected chi connectivity index (χ1v) is 3.85. The average molecular weight is 202 g/mol. The second-order valence-electron chi connectivity index (χ2n) is 2.27. The highest BCUT2D eigenvalue weighted by atomic mass is 35.5. The van der Waals surface area contributed by atoms with Gasteiger partial charge < -0.3 is 9.84 Å². The number of anilines is 1. The maximum absolute atomic E-state index is 10.3. The van der Waals surface area contributed by atoms with Crippen LogP contribution >= 0.6 is 11.6 Å². The van der Waals surface area contributed by atoms with Crippen molar-refractivity contribution in [2.75, 3.05) is 12.4 Å². The van der Waals surface area contributed by atoms with Gasteiger partial charge in [0, 0.05) is 5.02 Å². The van der Waals surface area contributed by atoms with Crippen molar-refractivity contribution in [1.82, 2.24) is 0 Å². The Morgan fingerprint density at radius 3 is 2.85 bits per heavy atom. The monoisotopic (exact) mass is 201 g/mol. The first-order chi connectivity index (χ1) is 6.13. The third kappa shape index (κ3) is 2.52. The standard InChI is InChI=1S/C8H8ClNO3/c1-13-7-3-2-5(9)4-6(7)10-8(11)12/h2-4,10H,1H3,(H,11,12). The number of methoxy groups -OCH3 is 1. The molecule has 0 radical (unpaired) electrons. The van der Waals surface area contributed by atoms with Crippen LogP contribution < -0.4 is 10.1 Å². The van der Waals surface area contributed by atoms with E-state index >= 15 is 0 Å². The van der Waals surface area contributed by atoms with Crippen molar-refractivity contribution >= 4 is 23.4 Å². The number of rotatable bonds is 2. The first kappa shape index (κ1) is 9.67. The molecule has 0 atom stereocenters. The van der Waals surface area contributed by atoms with Crippen LogP contribution in [-0.2, 0) is 0 Å². The molecule has 0 unspecified atom stereocenters. The number of hydrogen-bond acceptors (Lipinski definition) is 2. The van der Waals surface area contributed by atoms with Crippen LogP contribution in [0.25, 0.3) is 0 Å². The topological polar surface area (TPSA) is 58.6 Å². The Kier molecular flexibility index (Phi) is 2.97. The molecule has 5 heteroatoms. The molecule has 0 spiro atoms. The van der Waals surface area contributed by atoms with Crippen LogP contribution in [0.4, 0.5) is 10.5 Å². The molecule has 1 aromatic carbocycles. The van der Waals surface area contributed by atoms with Gasteiger partial charge in [0.25, 0.3) is 0 Å². The van der Waals surface area contributed by atoms with E-state index in [4.69, 9.17) is 21.4 Å². The van der Waals surface area contributed by atoms with Crippen LogP contribution in [-0.4, -0.2) is 18.3 Å². The van der Waals surface area contributed by atoms with Crippen molar-refractivity contribution in [3.05, 3.63) is 23.2 Å².